The zero-order valence-electron chi connectivity index (χ0n) is 16.7. The molecule has 0 bridgehead atoms. The number of amides is 1. The lowest BCUT2D eigenvalue weighted by molar-refractivity contribution is -0.116. The van der Waals surface area contributed by atoms with E-state index in [1.165, 1.54) is 16.9 Å². The normalized spacial score (nSPS) is 11.4. The first-order chi connectivity index (χ1) is 13.7. The maximum absolute atomic E-state index is 12.4. The first-order valence-electron chi connectivity index (χ1n) is 9.37. The van der Waals surface area contributed by atoms with Crippen LogP contribution in [-0.4, -0.2) is 25.1 Å². The highest BCUT2D eigenvalue weighted by Crippen LogP contribution is 2.28. The molecular formula is C22H24N2O3S2. The van der Waals surface area contributed by atoms with E-state index < -0.39 is 9.84 Å². The van der Waals surface area contributed by atoms with Crippen molar-refractivity contribution in [3.8, 4) is 11.3 Å². The van der Waals surface area contributed by atoms with E-state index in [1.54, 1.807) is 24.3 Å². The standard InChI is InChI=1S/C22H24N2O3S2/c1-15-6-9-18(10-7-15)29(26,27)12-4-5-21(25)24-22-23-20(14-28-22)19-11-8-16(2)13-17(19)3/h6-11,13-14H,4-5,12H2,1-3H3,(H,23,24,25). The minimum absolute atomic E-state index is 0.0604. The van der Waals surface area contributed by atoms with Gasteiger partial charge >= 0.3 is 0 Å². The summed E-state index contributed by atoms with van der Waals surface area (Å²) in [5.74, 6) is -0.291. The van der Waals surface area contributed by atoms with Crippen LogP contribution in [0, 0.1) is 20.8 Å². The van der Waals surface area contributed by atoms with Gasteiger partial charge in [-0.2, -0.15) is 0 Å². The van der Waals surface area contributed by atoms with Crippen LogP contribution in [0.15, 0.2) is 52.7 Å². The molecule has 152 valence electrons. The summed E-state index contributed by atoms with van der Waals surface area (Å²) in [6.45, 7) is 5.99. The fraction of sp³-hybridized carbons (Fsp3) is 0.273. The second kappa shape index (κ2) is 8.88. The Morgan fingerprint density at radius 1 is 1.03 bits per heavy atom. The molecule has 0 saturated heterocycles. The van der Waals surface area contributed by atoms with Crippen molar-refractivity contribution in [1.82, 2.24) is 4.98 Å². The summed E-state index contributed by atoms with van der Waals surface area (Å²) in [6, 6.07) is 12.9. The summed E-state index contributed by atoms with van der Waals surface area (Å²) < 4.78 is 24.7. The number of rotatable bonds is 7. The van der Waals surface area contributed by atoms with Crippen molar-refractivity contribution in [2.24, 2.45) is 0 Å². The molecule has 0 saturated carbocycles. The van der Waals surface area contributed by atoms with Crippen LogP contribution in [0.25, 0.3) is 11.3 Å². The summed E-state index contributed by atoms with van der Waals surface area (Å²) in [7, 11) is -3.38. The van der Waals surface area contributed by atoms with Gasteiger partial charge in [0.25, 0.3) is 0 Å². The van der Waals surface area contributed by atoms with Crippen molar-refractivity contribution in [2.75, 3.05) is 11.1 Å². The third-order valence-electron chi connectivity index (χ3n) is 4.61. The largest absolute Gasteiger partial charge is 0.302 e. The van der Waals surface area contributed by atoms with E-state index in [2.05, 4.69) is 16.4 Å². The molecule has 29 heavy (non-hydrogen) atoms. The van der Waals surface area contributed by atoms with Gasteiger partial charge in [-0.1, -0.05) is 41.5 Å². The number of carbonyl (C=O) groups excluding carboxylic acids is 1. The Balaban J connectivity index is 1.55. The Kier molecular flexibility index (Phi) is 6.49. The molecule has 1 amide bonds. The number of sulfone groups is 1. The molecule has 1 heterocycles. The Labute approximate surface area is 175 Å². The predicted molar refractivity (Wildman–Crippen MR) is 118 cm³/mol. The first-order valence-corrected chi connectivity index (χ1v) is 11.9. The van der Waals surface area contributed by atoms with Crippen LogP contribution >= 0.6 is 11.3 Å². The number of hydrogen-bond acceptors (Lipinski definition) is 5. The van der Waals surface area contributed by atoms with Crippen molar-refractivity contribution in [3.63, 3.8) is 0 Å². The van der Waals surface area contributed by atoms with Gasteiger partial charge in [-0.15, -0.1) is 11.3 Å². The zero-order valence-corrected chi connectivity index (χ0v) is 18.4. The SMILES string of the molecule is Cc1ccc(S(=O)(=O)CCCC(=O)Nc2nc(-c3ccc(C)cc3C)cs2)cc1. The third-order valence-corrected chi connectivity index (χ3v) is 7.18. The Hall–Kier alpha value is -2.51. The number of hydrogen-bond donors (Lipinski definition) is 1. The molecule has 0 atom stereocenters. The van der Waals surface area contributed by atoms with Gasteiger partial charge in [0, 0.05) is 17.4 Å². The van der Waals surface area contributed by atoms with Crippen LogP contribution in [0.5, 0.6) is 0 Å². The van der Waals surface area contributed by atoms with Gasteiger partial charge in [0.2, 0.25) is 5.91 Å². The van der Waals surface area contributed by atoms with Crippen molar-refractivity contribution in [3.05, 3.63) is 64.5 Å². The van der Waals surface area contributed by atoms with Crippen molar-refractivity contribution >= 4 is 32.2 Å². The van der Waals surface area contributed by atoms with Gasteiger partial charge < -0.3 is 5.32 Å². The van der Waals surface area contributed by atoms with Crippen LogP contribution in [0.4, 0.5) is 5.13 Å². The number of benzene rings is 2. The van der Waals surface area contributed by atoms with Crippen LogP contribution in [-0.2, 0) is 14.6 Å². The van der Waals surface area contributed by atoms with Gasteiger partial charge in [-0.05, 0) is 44.9 Å². The Bertz CT molecular complexity index is 1120. The van der Waals surface area contributed by atoms with Gasteiger partial charge in [0.05, 0.1) is 16.3 Å². The van der Waals surface area contributed by atoms with Gasteiger partial charge in [0.15, 0.2) is 15.0 Å². The molecule has 2 aromatic carbocycles. The lowest BCUT2D eigenvalue weighted by atomic mass is 10.0. The van der Waals surface area contributed by atoms with E-state index in [-0.39, 0.29) is 24.5 Å². The minimum Gasteiger partial charge on any atom is -0.302 e. The van der Waals surface area contributed by atoms with Crippen molar-refractivity contribution in [1.29, 1.82) is 0 Å². The maximum Gasteiger partial charge on any atom is 0.226 e. The highest BCUT2D eigenvalue weighted by atomic mass is 32.2. The third kappa shape index (κ3) is 5.52. The van der Waals surface area contributed by atoms with Crippen LogP contribution in [0.1, 0.15) is 29.5 Å². The summed E-state index contributed by atoms with van der Waals surface area (Å²) in [6.07, 6.45) is 0.390. The molecule has 0 radical (unpaired) electrons. The first kappa shape index (κ1) is 21.2. The molecule has 3 rings (SSSR count). The number of nitrogens with one attached hydrogen (secondary N) is 1. The maximum atomic E-state index is 12.4. The van der Waals surface area contributed by atoms with Crippen LogP contribution < -0.4 is 5.32 Å². The van der Waals surface area contributed by atoms with Gasteiger partial charge in [-0.3, -0.25) is 4.79 Å². The molecule has 0 spiro atoms. The number of nitrogens with zero attached hydrogens (tertiary/aromatic N) is 1. The number of thiazole rings is 1. The van der Waals surface area contributed by atoms with E-state index in [1.807, 2.05) is 38.3 Å². The molecule has 0 aliphatic rings. The molecule has 7 heteroatoms. The Morgan fingerprint density at radius 2 is 1.72 bits per heavy atom. The molecule has 0 unspecified atom stereocenters. The molecule has 5 nitrogen and oxygen atoms in total. The summed E-state index contributed by atoms with van der Waals surface area (Å²) in [5.41, 5.74) is 5.19. The Morgan fingerprint density at radius 3 is 2.41 bits per heavy atom. The average Bonchev–Trinajstić information content (AvgIpc) is 3.10. The van der Waals surface area contributed by atoms with Crippen LogP contribution in [0.3, 0.4) is 0 Å². The number of carbonyl (C=O) groups is 1. The fourth-order valence-corrected chi connectivity index (χ4v) is 5.06. The highest BCUT2D eigenvalue weighted by molar-refractivity contribution is 7.91. The molecule has 0 aliphatic carbocycles. The summed E-state index contributed by atoms with van der Waals surface area (Å²) in [4.78, 5) is 17.0. The van der Waals surface area contributed by atoms with Crippen molar-refractivity contribution < 1.29 is 13.2 Å². The lowest BCUT2D eigenvalue weighted by Gasteiger charge is -2.05. The second-order valence-electron chi connectivity index (χ2n) is 7.14. The molecule has 3 aromatic rings. The predicted octanol–water partition coefficient (Wildman–Crippen LogP) is 4.93. The fourth-order valence-electron chi connectivity index (χ4n) is 3.02. The monoisotopic (exact) mass is 428 g/mol. The van der Waals surface area contributed by atoms with Gasteiger partial charge in [0.1, 0.15) is 0 Å². The number of aryl methyl sites for hydroxylation is 3. The number of aromatic nitrogens is 1. The summed E-state index contributed by atoms with van der Waals surface area (Å²) >= 11 is 1.36. The van der Waals surface area contributed by atoms with Crippen molar-refractivity contribution in [2.45, 2.75) is 38.5 Å². The van der Waals surface area contributed by atoms with E-state index >= 15 is 0 Å². The van der Waals surface area contributed by atoms with E-state index in [4.69, 9.17) is 0 Å². The smallest absolute Gasteiger partial charge is 0.226 e. The quantitative estimate of drug-likeness (QED) is 0.579. The average molecular weight is 429 g/mol. The van der Waals surface area contributed by atoms with E-state index in [0.717, 1.165) is 22.4 Å². The number of anilines is 1. The topological polar surface area (TPSA) is 76.1 Å². The summed E-state index contributed by atoms with van der Waals surface area (Å²) in [5, 5.41) is 5.20. The lowest BCUT2D eigenvalue weighted by Crippen LogP contribution is -2.14. The molecule has 0 aliphatic heterocycles. The zero-order chi connectivity index (χ0) is 21.0. The van der Waals surface area contributed by atoms with E-state index in [9.17, 15) is 13.2 Å². The minimum atomic E-state index is -3.38. The molecular weight excluding hydrogens is 404 g/mol. The van der Waals surface area contributed by atoms with Gasteiger partial charge in [-0.25, -0.2) is 13.4 Å². The molecule has 1 N–H and O–H groups in total. The van der Waals surface area contributed by atoms with Crippen LogP contribution in [0.2, 0.25) is 0 Å². The van der Waals surface area contributed by atoms with E-state index in [0.29, 0.717) is 10.0 Å². The highest BCUT2D eigenvalue weighted by Gasteiger charge is 2.15. The second-order valence-corrected chi connectivity index (χ2v) is 10.1. The molecule has 0 fully saturated rings. The molecule has 1 aromatic heterocycles.